The van der Waals surface area contributed by atoms with Crippen molar-refractivity contribution in [3.63, 3.8) is 0 Å². The molecule has 3 aromatic rings. The molecule has 2 amide bonds. The third-order valence-corrected chi connectivity index (χ3v) is 7.00. The molecule has 4 N–H and O–H groups in total. The predicted molar refractivity (Wildman–Crippen MR) is 155 cm³/mol. The number of nitrogens with one attached hydrogen (secondary N) is 1. The summed E-state index contributed by atoms with van der Waals surface area (Å²) >= 11 is 5.83. The van der Waals surface area contributed by atoms with E-state index in [1.807, 2.05) is 0 Å². The van der Waals surface area contributed by atoms with E-state index in [1.54, 1.807) is 24.3 Å². The van der Waals surface area contributed by atoms with Gasteiger partial charge in [0.25, 0.3) is 5.91 Å². The number of rotatable bonds is 12. The van der Waals surface area contributed by atoms with Gasteiger partial charge in [-0.05, 0) is 60.0 Å². The van der Waals surface area contributed by atoms with Crippen LogP contribution in [-0.4, -0.2) is 59.8 Å². The van der Waals surface area contributed by atoms with Gasteiger partial charge in [0.2, 0.25) is 5.91 Å². The van der Waals surface area contributed by atoms with Crippen molar-refractivity contribution in [1.29, 1.82) is 0 Å². The smallest absolute Gasteiger partial charge is 0.490 e. The number of carbonyl (C=O) groups excluding carboxylic acids is 2. The maximum absolute atomic E-state index is 12.9. The summed E-state index contributed by atoms with van der Waals surface area (Å²) < 4.78 is 84.8. The molecule has 3 aromatic carbocycles. The number of amidine groups is 1. The summed E-state index contributed by atoms with van der Waals surface area (Å²) in [6.45, 7) is 0.205. The lowest BCUT2D eigenvalue weighted by molar-refractivity contribution is -0.274. The molecule has 1 heterocycles. The SMILES string of the molecule is N/C(=N/OCCOc1ccc(C(F)(F)F)cc1)c1ccc(CNC(=O)C2CCN2C(=O)C(O)c2cc(Cl)cc(OC(F)(F)F)c2)cc1. The maximum atomic E-state index is 12.9. The highest BCUT2D eigenvalue weighted by molar-refractivity contribution is 6.30. The lowest BCUT2D eigenvalue weighted by atomic mass is 9.98. The number of carbonyl (C=O) groups is 2. The zero-order valence-corrected chi connectivity index (χ0v) is 24.9. The van der Waals surface area contributed by atoms with Crippen LogP contribution in [0.1, 0.15) is 34.8 Å². The van der Waals surface area contributed by atoms with Crippen LogP contribution in [0.15, 0.2) is 71.9 Å². The van der Waals surface area contributed by atoms with Gasteiger partial charge in [-0.2, -0.15) is 13.2 Å². The highest BCUT2D eigenvalue weighted by Gasteiger charge is 2.40. The number of amides is 2. The van der Waals surface area contributed by atoms with Crippen molar-refractivity contribution in [3.05, 3.63) is 94.0 Å². The lowest BCUT2D eigenvalue weighted by Gasteiger charge is -2.40. The number of halogens is 7. The summed E-state index contributed by atoms with van der Waals surface area (Å²) in [7, 11) is 0. The molecule has 0 spiro atoms. The van der Waals surface area contributed by atoms with Crippen LogP contribution >= 0.6 is 11.6 Å². The van der Waals surface area contributed by atoms with Gasteiger partial charge in [0.15, 0.2) is 18.5 Å². The summed E-state index contributed by atoms with van der Waals surface area (Å²) in [6, 6.07) is 12.7. The molecule has 2 unspecified atom stereocenters. The molecule has 4 rings (SSSR count). The molecule has 1 aliphatic rings. The molecule has 0 aliphatic carbocycles. The van der Waals surface area contributed by atoms with Gasteiger partial charge in [-0.25, -0.2) is 0 Å². The Balaban J connectivity index is 1.22. The maximum Gasteiger partial charge on any atom is 0.573 e. The number of ether oxygens (including phenoxy) is 2. The summed E-state index contributed by atoms with van der Waals surface area (Å²) in [5.74, 6) is -1.83. The number of nitrogens with zero attached hydrogens (tertiary/aromatic N) is 2. The second-order valence-electron chi connectivity index (χ2n) is 10.1. The van der Waals surface area contributed by atoms with E-state index in [0.717, 1.165) is 35.2 Å². The van der Waals surface area contributed by atoms with E-state index in [9.17, 15) is 41.0 Å². The number of nitrogens with two attached hydrogens (primary N) is 1. The van der Waals surface area contributed by atoms with Crippen molar-refractivity contribution in [2.45, 2.75) is 37.7 Å². The van der Waals surface area contributed by atoms with Crippen LogP contribution in [0.5, 0.6) is 11.5 Å². The van der Waals surface area contributed by atoms with E-state index < -0.39 is 47.8 Å². The molecule has 1 saturated heterocycles. The first-order chi connectivity index (χ1) is 22.1. The fourth-order valence-corrected chi connectivity index (χ4v) is 4.60. The van der Waals surface area contributed by atoms with Crippen molar-refractivity contribution >= 4 is 29.3 Å². The zero-order valence-electron chi connectivity index (χ0n) is 24.1. The minimum Gasteiger partial charge on any atom is -0.490 e. The molecular weight excluding hydrogens is 662 g/mol. The minimum atomic E-state index is -5.01. The molecule has 1 aliphatic heterocycles. The van der Waals surface area contributed by atoms with E-state index in [-0.39, 0.29) is 48.5 Å². The summed E-state index contributed by atoms with van der Waals surface area (Å²) in [5.41, 5.74) is 6.08. The van der Waals surface area contributed by atoms with Gasteiger partial charge in [0, 0.05) is 23.7 Å². The Labute approximate surface area is 268 Å². The van der Waals surface area contributed by atoms with Crippen LogP contribution in [0.3, 0.4) is 0 Å². The Bertz CT molecular complexity index is 1590. The largest absolute Gasteiger partial charge is 0.573 e. The number of aliphatic hydroxyl groups is 1. The minimum absolute atomic E-state index is 0.00220. The van der Waals surface area contributed by atoms with Crippen molar-refractivity contribution in [1.82, 2.24) is 10.2 Å². The van der Waals surface area contributed by atoms with Crippen LogP contribution in [0.4, 0.5) is 26.3 Å². The Morgan fingerprint density at radius 3 is 2.28 bits per heavy atom. The zero-order chi connectivity index (χ0) is 34.4. The van der Waals surface area contributed by atoms with Crippen LogP contribution in [-0.2, 0) is 27.1 Å². The summed E-state index contributed by atoms with van der Waals surface area (Å²) in [4.78, 5) is 31.8. The standard InChI is InChI=1S/C30H27ClF6N4O6/c31-21-13-19(14-23(15-21)47-30(35,36)37)25(42)28(44)41-10-9-24(41)27(43)39-16-17-1-3-18(4-2-17)26(38)40-46-12-11-45-22-7-5-20(6-8-22)29(32,33)34/h1-8,13-15,24-25,42H,9-12,16H2,(H2,38,40)(H,39,43). The van der Waals surface area contributed by atoms with Crippen molar-refractivity contribution < 1.29 is 55.3 Å². The van der Waals surface area contributed by atoms with Gasteiger partial charge in [-0.15, -0.1) is 13.2 Å². The van der Waals surface area contributed by atoms with Crippen LogP contribution in [0.2, 0.25) is 5.02 Å². The Kier molecular flexibility index (Phi) is 11.1. The average Bonchev–Trinajstić information content (AvgIpc) is 2.97. The Morgan fingerprint density at radius 1 is 1.00 bits per heavy atom. The van der Waals surface area contributed by atoms with E-state index in [0.29, 0.717) is 17.5 Å². The highest BCUT2D eigenvalue weighted by atomic mass is 35.5. The first kappa shape index (κ1) is 35.2. The van der Waals surface area contributed by atoms with Crippen molar-refractivity contribution in [3.8, 4) is 11.5 Å². The molecule has 0 aromatic heterocycles. The third kappa shape index (κ3) is 9.89. The monoisotopic (exact) mass is 688 g/mol. The molecule has 17 heteroatoms. The number of hydrogen-bond donors (Lipinski definition) is 3. The van der Waals surface area contributed by atoms with Crippen molar-refractivity contribution in [2.75, 3.05) is 19.8 Å². The quantitative estimate of drug-likeness (QED) is 0.0808. The second kappa shape index (κ2) is 14.8. The van der Waals surface area contributed by atoms with Gasteiger partial charge in [-0.3, -0.25) is 9.59 Å². The molecule has 0 saturated carbocycles. The highest BCUT2D eigenvalue weighted by Crippen LogP contribution is 2.32. The van der Waals surface area contributed by atoms with E-state index in [2.05, 4.69) is 15.2 Å². The first-order valence-corrected chi connectivity index (χ1v) is 14.2. The molecule has 47 heavy (non-hydrogen) atoms. The van der Waals surface area contributed by atoms with Gasteiger partial charge in [0.05, 0.1) is 5.56 Å². The summed E-state index contributed by atoms with van der Waals surface area (Å²) in [6.07, 6.45) is -11.0. The normalized spacial score (nSPS) is 15.8. The molecule has 0 bridgehead atoms. The average molecular weight is 689 g/mol. The van der Waals surface area contributed by atoms with E-state index in [1.165, 1.54) is 12.1 Å². The lowest BCUT2D eigenvalue weighted by Crippen LogP contribution is -2.59. The van der Waals surface area contributed by atoms with Gasteiger partial charge in [0.1, 0.15) is 24.1 Å². The predicted octanol–water partition coefficient (Wildman–Crippen LogP) is 4.92. The fourth-order valence-electron chi connectivity index (χ4n) is 4.36. The molecule has 0 radical (unpaired) electrons. The van der Waals surface area contributed by atoms with Crippen LogP contribution in [0, 0.1) is 0 Å². The molecule has 2 atom stereocenters. The number of alkyl halides is 6. The van der Waals surface area contributed by atoms with Crippen LogP contribution < -0.4 is 20.5 Å². The third-order valence-electron chi connectivity index (χ3n) is 6.79. The van der Waals surface area contributed by atoms with Gasteiger partial charge < -0.3 is 35.4 Å². The van der Waals surface area contributed by atoms with E-state index >= 15 is 0 Å². The Morgan fingerprint density at radius 2 is 1.68 bits per heavy atom. The number of benzene rings is 3. The molecule has 252 valence electrons. The first-order valence-electron chi connectivity index (χ1n) is 13.8. The topological polar surface area (TPSA) is 136 Å². The summed E-state index contributed by atoms with van der Waals surface area (Å²) in [5, 5.41) is 16.8. The van der Waals surface area contributed by atoms with Crippen molar-refractivity contribution in [2.24, 2.45) is 10.9 Å². The molecule has 1 fully saturated rings. The van der Waals surface area contributed by atoms with Gasteiger partial charge >= 0.3 is 12.5 Å². The van der Waals surface area contributed by atoms with Gasteiger partial charge in [-0.1, -0.05) is 41.0 Å². The second-order valence-corrected chi connectivity index (χ2v) is 10.5. The number of hydrogen-bond acceptors (Lipinski definition) is 7. The molecule has 10 nitrogen and oxygen atoms in total. The molecular formula is C30H27ClF6N4O6. The fraction of sp³-hybridized carbons (Fsp3) is 0.300. The number of oxime groups is 1. The Hall–Kier alpha value is -4.70. The number of aliphatic hydroxyl groups excluding tert-OH is 1. The van der Waals surface area contributed by atoms with Crippen LogP contribution in [0.25, 0.3) is 0 Å². The van der Waals surface area contributed by atoms with E-state index in [4.69, 9.17) is 26.9 Å². The number of likely N-dealkylation sites (tertiary alicyclic amines) is 1.